The van der Waals surface area contributed by atoms with Crippen LogP contribution in [0.2, 0.25) is 0 Å². The smallest absolute Gasteiger partial charge is 0.338 e. The van der Waals surface area contributed by atoms with E-state index in [1.54, 1.807) is 30.3 Å². The maximum atomic E-state index is 12.9. The predicted molar refractivity (Wildman–Crippen MR) is 132 cm³/mol. The molecule has 3 aromatic rings. The molecule has 0 unspecified atom stereocenters. The maximum absolute atomic E-state index is 12.9. The summed E-state index contributed by atoms with van der Waals surface area (Å²) < 4.78 is 23.0. The fourth-order valence-corrected chi connectivity index (χ4v) is 3.19. The van der Waals surface area contributed by atoms with Gasteiger partial charge < -0.3 is 14.8 Å². The third kappa shape index (κ3) is 8.21. The molecular weight excluding hydrogens is 481 g/mol. The molecule has 8 nitrogen and oxygen atoms in total. The largest absolute Gasteiger partial charge is 0.457 e. The molecule has 0 aliphatic carbocycles. The first-order chi connectivity index (χ1) is 17.7. The van der Waals surface area contributed by atoms with Crippen LogP contribution in [0.1, 0.15) is 50.8 Å². The van der Waals surface area contributed by atoms with Gasteiger partial charge in [0.1, 0.15) is 5.82 Å². The van der Waals surface area contributed by atoms with Crippen molar-refractivity contribution in [2.75, 3.05) is 11.9 Å². The zero-order valence-corrected chi connectivity index (χ0v) is 19.9. The van der Waals surface area contributed by atoms with Gasteiger partial charge in [0.05, 0.1) is 12.0 Å². The number of hydrogen-bond acceptors (Lipinski definition) is 7. The Morgan fingerprint density at radius 2 is 1.41 bits per heavy atom. The lowest BCUT2D eigenvalue weighted by Gasteiger charge is -2.12. The van der Waals surface area contributed by atoms with E-state index in [1.807, 2.05) is 0 Å². The van der Waals surface area contributed by atoms with E-state index < -0.39 is 42.2 Å². The number of benzene rings is 3. The van der Waals surface area contributed by atoms with Crippen molar-refractivity contribution in [3.63, 3.8) is 0 Å². The van der Waals surface area contributed by atoms with Crippen LogP contribution in [0.25, 0.3) is 0 Å². The van der Waals surface area contributed by atoms with Gasteiger partial charge >= 0.3 is 11.9 Å². The number of halogens is 1. The van der Waals surface area contributed by atoms with Crippen LogP contribution in [0.4, 0.5) is 10.1 Å². The molecule has 0 aromatic heterocycles. The van der Waals surface area contributed by atoms with Crippen LogP contribution >= 0.6 is 0 Å². The number of ether oxygens (including phenoxy) is 2. The van der Waals surface area contributed by atoms with Crippen molar-refractivity contribution in [3.8, 4) is 0 Å². The van der Waals surface area contributed by atoms with E-state index in [9.17, 15) is 28.4 Å². The van der Waals surface area contributed by atoms with Gasteiger partial charge in [-0.25, -0.2) is 9.18 Å². The highest BCUT2D eigenvalue weighted by atomic mass is 19.1. The molecule has 0 spiro atoms. The van der Waals surface area contributed by atoms with Crippen LogP contribution in [0, 0.1) is 5.82 Å². The van der Waals surface area contributed by atoms with Crippen molar-refractivity contribution in [1.29, 1.82) is 0 Å². The summed E-state index contributed by atoms with van der Waals surface area (Å²) in [6, 6.07) is 19.2. The molecule has 37 heavy (non-hydrogen) atoms. The molecule has 0 aliphatic heterocycles. The highest BCUT2D eigenvalue weighted by Crippen LogP contribution is 2.14. The Morgan fingerprint density at radius 1 is 0.784 bits per heavy atom. The number of Topliss-reactive ketones (excluding diaryl/α,β-unsaturated/α-hetero) is 2. The number of esters is 2. The van der Waals surface area contributed by atoms with Gasteiger partial charge in [-0.05, 0) is 55.5 Å². The predicted octanol–water partition coefficient (Wildman–Crippen LogP) is 4.40. The minimum atomic E-state index is -0.972. The number of carbonyl (C=O) groups is 5. The van der Waals surface area contributed by atoms with Crippen LogP contribution < -0.4 is 5.32 Å². The summed E-state index contributed by atoms with van der Waals surface area (Å²) in [6.45, 7) is 0.977. The Kier molecular flexibility index (Phi) is 9.37. The van der Waals surface area contributed by atoms with E-state index in [4.69, 9.17) is 9.47 Å². The number of carbonyl (C=O) groups excluding carboxylic acids is 5. The third-order valence-electron chi connectivity index (χ3n) is 5.20. The molecule has 0 saturated carbocycles. The number of amides is 1. The van der Waals surface area contributed by atoms with Crippen molar-refractivity contribution in [1.82, 2.24) is 0 Å². The topological polar surface area (TPSA) is 116 Å². The fourth-order valence-electron chi connectivity index (χ4n) is 3.19. The van der Waals surface area contributed by atoms with Crippen molar-refractivity contribution in [2.24, 2.45) is 0 Å². The van der Waals surface area contributed by atoms with Crippen LogP contribution in [0.15, 0.2) is 78.9 Å². The molecule has 1 amide bonds. The van der Waals surface area contributed by atoms with E-state index >= 15 is 0 Å². The van der Waals surface area contributed by atoms with Gasteiger partial charge in [0, 0.05) is 23.2 Å². The van der Waals surface area contributed by atoms with Gasteiger partial charge in [-0.15, -0.1) is 0 Å². The molecular formula is C28H24FNO7. The molecule has 190 valence electrons. The molecule has 0 fully saturated rings. The standard InChI is InChI=1S/C28H24FNO7/c1-18(27(34)20-5-3-2-4-6-20)37-28(35)21-9-13-23(14-10-21)30-25(32)15-16-26(33)36-17-24(31)19-7-11-22(29)12-8-19/h2-14,18H,15-17H2,1H3,(H,30,32)/t18-/m1/s1. The van der Waals surface area contributed by atoms with Gasteiger partial charge in [-0.3, -0.25) is 19.2 Å². The highest BCUT2D eigenvalue weighted by molar-refractivity contribution is 6.01. The minimum Gasteiger partial charge on any atom is -0.457 e. The molecule has 1 atom stereocenters. The normalized spacial score (nSPS) is 11.2. The number of anilines is 1. The van der Waals surface area contributed by atoms with Crippen molar-refractivity contribution < 1.29 is 37.8 Å². The Balaban J connectivity index is 1.41. The second-order valence-electron chi connectivity index (χ2n) is 7.99. The van der Waals surface area contributed by atoms with Gasteiger partial charge in [-0.2, -0.15) is 0 Å². The monoisotopic (exact) mass is 505 g/mol. The number of rotatable bonds is 11. The fraction of sp³-hybridized carbons (Fsp3) is 0.179. The van der Waals surface area contributed by atoms with Crippen molar-refractivity contribution in [2.45, 2.75) is 25.9 Å². The van der Waals surface area contributed by atoms with E-state index in [0.717, 1.165) is 12.1 Å². The molecule has 0 heterocycles. The van der Waals surface area contributed by atoms with Gasteiger partial charge in [0.25, 0.3) is 0 Å². The Labute approximate surface area is 212 Å². The second-order valence-corrected chi connectivity index (χ2v) is 7.99. The quantitative estimate of drug-likeness (QED) is 0.303. The van der Waals surface area contributed by atoms with Crippen LogP contribution in [0.3, 0.4) is 0 Å². The third-order valence-corrected chi connectivity index (χ3v) is 5.20. The molecule has 0 bridgehead atoms. The zero-order chi connectivity index (χ0) is 26.8. The number of nitrogens with one attached hydrogen (secondary N) is 1. The summed E-state index contributed by atoms with van der Waals surface area (Å²) in [5.41, 5.74) is 1.22. The summed E-state index contributed by atoms with van der Waals surface area (Å²) in [6.07, 6.45) is -1.41. The summed E-state index contributed by atoms with van der Waals surface area (Å²) >= 11 is 0. The van der Waals surface area contributed by atoms with Gasteiger partial charge in [0.2, 0.25) is 11.7 Å². The lowest BCUT2D eigenvalue weighted by molar-refractivity contribution is -0.143. The van der Waals surface area contributed by atoms with Gasteiger partial charge in [-0.1, -0.05) is 30.3 Å². The lowest BCUT2D eigenvalue weighted by Crippen LogP contribution is -2.24. The first kappa shape index (κ1) is 26.9. The van der Waals surface area contributed by atoms with Crippen molar-refractivity contribution in [3.05, 3.63) is 101 Å². The molecule has 3 aromatic carbocycles. The van der Waals surface area contributed by atoms with Crippen molar-refractivity contribution >= 4 is 35.1 Å². The maximum Gasteiger partial charge on any atom is 0.338 e. The Hall–Kier alpha value is -4.66. The molecule has 9 heteroatoms. The first-order valence-electron chi connectivity index (χ1n) is 11.4. The molecule has 0 radical (unpaired) electrons. The number of ketones is 2. The molecule has 0 aliphatic rings. The van der Waals surface area contributed by atoms with E-state index in [2.05, 4.69) is 5.32 Å². The number of hydrogen-bond donors (Lipinski definition) is 1. The van der Waals surface area contributed by atoms with E-state index in [-0.39, 0.29) is 29.8 Å². The molecule has 3 rings (SSSR count). The summed E-state index contributed by atoms with van der Waals surface area (Å²) in [4.78, 5) is 60.6. The van der Waals surface area contributed by atoms with E-state index in [0.29, 0.717) is 11.3 Å². The molecule has 1 N–H and O–H groups in total. The summed E-state index contributed by atoms with van der Waals surface area (Å²) in [5, 5.41) is 2.58. The lowest BCUT2D eigenvalue weighted by atomic mass is 10.1. The second kappa shape index (κ2) is 12.9. The van der Waals surface area contributed by atoms with E-state index in [1.165, 1.54) is 43.3 Å². The first-order valence-corrected chi connectivity index (χ1v) is 11.4. The molecule has 0 saturated heterocycles. The van der Waals surface area contributed by atoms with Crippen LogP contribution in [0.5, 0.6) is 0 Å². The average molecular weight is 505 g/mol. The van der Waals surface area contributed by atoms with Crippen LogP contribution in [-0.2, 0) is 19.1 Å². The minimum absolute atomic E-state index is 0.188. The summed E-state index contributed by atoms with van der Waals surface area (Å²) in [7, 11) is 0. The average Bonchev–Trinajstić information content (AvgIpc) is 2.91. The Morgan fingerprint density at radius 3 is 2.05 bits per heavy atom. The zero-order valence-electron chi connectivity index (χ0n) is 19.9. The summed E-state index contributed by atoms with van der Waals surface area (Å²) in [5.74, 6) is -3.19. The van der Waals surface area contributed by atoms with Crippen LogP contribution in [-0.4, -0.2) is 42.1 Å². The Bertz CT molecular complexity index is 1270. The van der Waals surface area contributed by atoms with Gasteiger partial charge in [0.15, 0.2) is 18.5 Å². The SMILES string of the molecule is C[C@@H](OC(=O)c1ccc(NC(=O)CCC(=O)OCC(=O)c2ccc(F)cc2)cc1)C(=O)c1ccccc1. The highest BCUT2D eigenvalue weighted by Gasteiger charge is 2.20.